The maximum Gasteiger partial charge on any atom is 0.338 e. The van der Waals surface area contributed by atoms with E-state index in [9.17, 15) is 9.59 Å². The minimum absolute atomic E-state index is 0.285. The number of ether oxygens (including phenoxy) is 1. The predicted octanol–water partition coefficient (Wildman–Crippen LogP) is 4.03. The zero-order chi connectivity index (χ0) is 16.8. The first-order valence-corrected chi connectivity index (χ1v) is 7.69. The lowest BCUT2D eigenvalue weighted by Crippen LogP contribution is -2.31. The minimum Gasteiger partial charge on any atom is -0.452 e. The van der Waals surface area contributed by atoms with Crippen LogP contribution in [0.1, 0.15) is 28.9 Å². The van der Waals surface area contributed by atoms with Gasteiger partial charge in [0.15, 0.2) is 6.61 Å². The monoisotopic (exact) mass is 351 g/mol. The van der Waals surface area contributed by atoms with Gasteiger partial charge in [0.05, 0.1) is 21.7 Å². The number of hydrogen-bond acceptors (Lipinski definition) is 3. The predicted molar refractivity (Wildman–Crippen MR) is 89.7 cm³/mol. The fraction of sp³-hybridized carbons (Fsp3) is 0.176. The van der Waals surface area contributed by atoms with E-state index in [1.165, 1.54) is 0 Å². The zero-order valence-electron chi connectivity index (χ0n) is 12.4. The lowest BCUT2D eigenvalue weighted by atomic mass is 10.1. The molecule has 0 saturated carbocycles. The van der Waals surface area contributed by atoms with Crippen molar-refractivity contribution in [2.45, 2.75) is 13.0 Å². The molecule has 0 saturated heterocycles. The summed E-state index contributed by atoms with van der Waals surface area (Å²) in [4.78, 5) is 23.6. The summed E-state index contributed by atoms with van der Waals surface area (Å²) in [6, 6.07) is 13.3. The van der Waals surface area contributed by atoms with Crippen molar-refractivity contribution in [2.24, 2.45) is 0 Å². The number of nitrogens with one attached hydrogen (secondary N) is 1. The van der Waals surface area contributed by atoms with Gasteiger partial charge in [-0.15, -0.1) is 0 Å². The van der Waals surface area contributed by atoms with Crippen molar-refractivity contribution in [3.8, 4) is 0 Å². The normalized spacial score (nSPS) is 11.6. The molecule has 0 fully saturated rings. The molecular weight excluding hydrogens is 337 g/mol. The van der Waals surface area contributed by atoms with Gasteiger partial charge in [-0.05, 0) is 36.8 Å². The summed E-state index contributed by atoms with van der Waals surface area (Å²) >= 11 is 11.8. The van der Waals surface area contributed by atoms with Crippen LogP contribution in [0, 0.1) is 0 Å². The van der Waals surface area contributed by atoms with Crippen LogP contribution in [0.2, 0.25) is 10.0 Å². The molecule has 0 aromatic heterocycles. The molecule has 0 unspecified atom stereocenters. The summed E-state index contributed by atoms with van der Waals surface area (Å²) in [5.74, 6) is -0.934. The highest BCUT2D eigenvalue weighted by molar-refractivity contribution is 6.42. The second kappa shape index (κ2) is 7.99. The van der Waals surface area contributed by atoms with E-state index in [4.69, 9.17) is 27.9 Å². The van der Waals surface area contributed by atoms with Gasteiger partial charge in [0.1, 0.15) is 0 Å². The van der Waals surface area contributed by atoms with Crippen molar-refractivity contribution in [1.82, 2.24) is 5.32 Å². The second-order valence-electron chi connectivity index (χ2n) is 4.90. The van der Waals surface area contributed by atoms with Crippen LogP contribution in [-0.4, -0.2) is 18.5 Å². The van der Waals surface area contributed by atoms with Gasteiger partial charge in [-0.1, -0.05) is 47.5 Å². The maximum absolute atomic E-state index is 11.9. The zero-order valence-corrected chi connectivity index (χ0v) is 13.9. The van der Waals surface area contributed by atoms with Gasteiger partial charge in [0, 0.05) is 0 Å². The summed E-state index contributed by atoms with van der Waals surface area (Å²) in [6.07, 6.45) is 0. The Morgan fingerprint density at radius 1 is 1.09 bits per heavy atom. The van der Waals surface area contributed by atoms with Crippen molar-refractivity contribution in [3.63, 3.8) is 0 Å². The second-order valence-corrected chi connectivity index (χ2v) is 5.72. The highest BCUT2D eigenvalue weighted by Crippen LogP contribution is 2.25. The summed E-state index contributed by atoms with van der Waals surface area (Å²) in [5.41, 5.74) is 1.21. The number of carbonyl (C=O) groups is 2. The molecule has 120 valence electrons. The van der Waals surface area contributed by atoms with Crippen molar-refractivity contribution >= 4 is 35.1 Å². The van der Waals surface area contributed by atoms with Crippen LogP contribution in [0.4, 0.5) is 0 Å². The largest absolute Gasteiger partial charge is 0.452 e. The maximum atomic E-state index is 11.9. The molecule has 1 N–H and O–H groups in total. The number of rotatable bonds is 5. The molecule has 0 heterocycles. The molecule has 2 rings (SSSR count). The first-order chi connectivity index (χ1) is 11.0. The molecule has 0 bridgehead atoms. The first kappa shape index (κ1) is 17.3. The van der Waals surface area contributed by atoms with Gasteiger partial charge in [0.25, 0.3) is 5.91 Å². The van der Waals surface area contributed by atoms with Gasteiger partial charge in [-0.3, -0.25) is 4.79 Å². The number of amides is 1. The molecule has 1 amide bonds. The molecule has 1 atom stereocenters. The standard InChI is InChI=1S/C17H15Cl2NO3/c1-11(13-7-8-14(18)15(19)9-13)20-16(21)10-23-17(22)12-5-3-2-4-6-12/h2-9,11H,10H2,1H3,(H,20,21)/t11-/m1/s1. The summed E-state index contributed by atoms with van der Waals surface area (Å²) in [5, 5.41) is 3.60. The highest BCUT2D eigenvalue weighted by Gasteiger charge is 2.13. The number of benzene rings is 2. The fourth-order valence-electron chi connectivity index (χ4n) is 1.94. The Kier molecular flexibility index (Phi) is 6.02. The van der Waals surface area contributed by atoms with Crippen LogP contribution in [0.25, 0.3) is 0 Å². The topological polar surface area (TPSA) is 55.4 Å². The van der Waals surface area contributed by atoms with Crippen molar-refractivity contribution in [3.05, 3.63) is 69.7 Å². The van der Waals surface area contributed by atoms with E-state index < -0.39 is 11.9 Å². The van der Waals surface area contributed by atoms with E-state index in [1.807, 2.05) is 0 Å². The van der Waals surface area contributed by atoms with Gasteiger partial charge in [0.2, 0.25) is 0 Å². The molecule has 0 aliphatic heterocycles. The number of esters is 1. The summed E-state index contributed by atoms with van der Waals surface area (Å²) in [6.45, 7) is 1.45. The lowest BCUT2D eigenvalue weighted by molar-refractivity contribution is -0.124. The molecule has 23 heavy (non-hydrogen) atoms. The highest BCUT2D eigenvalue weighted by atomic mass is 35.5. The Bertz CT molecular complexity index is 704. The summed E-state index contributed by atoms with van der Waals surface area (Å²) in [7, 11) is 0. The van der Waals surface area contributed by atoms with Crippen LogP contribution in [0.3, 0.4) is 0 Å². The van der Waals surface area contributed by atoms with Crippen LogP contribution in [-0.2, 0) is 9.53 Å². The molecular formula is C17H15Cl2NO3. The van der Waals surface area contributed by atoms with Gasteiger partial charge < -0.3 is 10.1 Å². The Morgan fingerprint density at radius 2 is 1.78 bits per heavy atom. The molecule has 0 aliphatic rings. The van der Waals surface area contributed by atoms with E-state index in [0.29, 0.717) is 15.6 Å². The first-order valence-electron chi connectivity index (χ1n) is 6.94. The molecule has 0 radical (unpaired) electrons. The number of carbonyl (C=O) groups excluding carboxylic acids is 2. The number of hydrogen-bond donors (Lipinski definition) is 1. The Balaban J connectivity index is 1.87. The average Bonchev–Trinajstić information content (AvgIpc) is 2.55. The average molecular weight is 352 g/mol. The SMILES string of the molecule is C[C@@H](NC(=O)COC(=O)c1ccccc1)c1ccc(Cl)c(Cl)c1. The smallest absolute Gasteiger partial charge is 0.338 e. The van der Waals surface area contributed by atoms with E-state index >= 15 is 0 Å². The van der Waals surface area contributed by atoms with Crippen LogP contribution < -0.4 is 5.32 Å². The van der Waals surface area contributed by atoms with E-state index in [-0.39, 0.29) is 12.6 Å². The number of halogens is 2. The molecule has 4 nitrogen and oxygen atoms in total. The van der Waals surface area contributed by atoms with Crippen molar-refractivity contribution in [1.29, 1.82) is 0 Å². The van der Waals surface area contributed by atoms with Crippen LogP contribution in [0.5, 0.6) is 0 Å². The third-order valence-corrected chi connectivity index (χ3v) is 3.90. The molecule has 0 spiro atoms. The van der Waals surface area contributed by atoms with Crippen molar-refractivity contribution < 1.29 is 14.3 Å². The fourth-order valence-corrected chi connectivity index (χ4v) is 2.24. The van der Waals surface area contributed by atoms with Crippen LogP contribution >= 0.6 is 23.2 Å². The Morgan fingerprint density at radius 3 is 2.43 bits per heavy atom. The van der Waals surface area contributed by atoms with Gasteiger partial charge in [-0.25, -0.2) is 4.79 Å². The van der Waals surface area contributed by atoms with Crippen molar-refractivity contribution in [2.75, 3.05) is 6.61 Å². The van der Waals surface area contributed by atoms with Gasteiger partial charge in [-0.2, -0.15) is 0 Å². The van der Waals surface area contributed by atoms with Gasteiger partial charge >= 0.3 is 5.97 Å². The molecule has 2 aromatic carbocycles. The van der Waals surface area contributed by atoms with E-state index in [1.54, 1.807) is 55.5 Å². The Labute approximate surface area is 144 Å². The third kappa shape index (κ3) is 4.98. The molecule has 2 aromatic rings. The minimum atomic E-state index is -0.539. The summed E-state index contributed by atoms with van der Waals surface area (Å²) < 4.78 is 4.97. The van der Waals surface area contributed by atoms with Crippen LogP contribution in [0.15, 0.2) is 48.5 Å². The van der Waals surface area contributed by atoms with E-state index in [0.717, 1.165) is 5.56 Å². The molecule has 0 aliphatic carbocycles. The lowest BCUT2D eigenvalue weighted by Gasteiger charge is -2.15. The molecule has 6 heteroatoms. The van der Waals surface area contributed by atoms with E-state index in [2.05, 4.69) is 5.32 Å². The third-order valence-electron chi connectivity index (χ3n) is 3.17. The Hall–Kier alpha value is -2.04. The quantitative estimate of drug-likeness (QED) is 0.827.